The smallest absolute Gasteiger partial charge is 0.148 e. The van der Waals surface area contributed by atoms with Crippen molar-refractivity contribution in [2.75, 3.05) is 32.1 Å². The minimum Gasteiger partial charge on any atom is -0.496 e. The molecular weight excluding hydrogens is 384 g/mol. The van der Waals surface area contributed by atoms with Gasteiger partial charge in [0.15, 0.2) is 0 Å². The quantitative estimate of drug-likeness (QED) is 0.549. The van der Waals surface area contributed by atoms with E-state index in [2.05, 4.69) is 63.7 Å². The number of ether oxygens (including phenoxy) is 1. The number of rotatable bonds is 8. The first-order chi connectivity index (χ1) is 15.2. The Kier molecular flexibility index (Phi) is 7.15. The van der Waals surface area contributed by atoms with Gasteiger partial charge in [0, 0.05) is 18.7 Å². The Morgan fingerprint density at radius 2 is 1.74 bits per heavy atom. The number of aromatic nitrogens is 2. The average Bonchev–Trinajstić information content (AvgIpc) is 2.81. The Morgan fingerprint density at radius 1 is 1.00 bits per heavy atom. The van der Waals surface area contributed by atoms with Crippen LogP contribution in [-0.4, -0.2) is 41.8 Å². The van der Waals surface area contributed by atoms with E-state index >= 15 is 0 Å². The summed E-state index contributed by atoms with van der Waals surface area (Å²) in [6, 6.07) is 20.8. The minimum atomic E-state index is 0.779. The van der Waals surface area contributed by atoms with Crippen LogP contribution in [0.15, 0.2) is 60.7 Å². The van der Waals surface area contributed by atoms with Gasteiger partial charge in [-0.05, 0) is 74.5 Å². The van der Waals surface area contributed by atoms with Crippen LogP contribution >= 0.6 is 0 Å². The highest BCUT2D eigenvalue weighted by atomic mass is 16.5. The number of aryl methyl sites for hydroxylation is 1. The van der Waals surface area contributed by atoms with Gasteiger partial charge in [-0.1, -0.05) is 42.5 Å². The van der Waals surface area contributed by atoms with Gasteiger partial charge >= 0.3 is 0 Å². The van der Waals surface area contributed by atoms with E-state index in [1.807, 2.05) is 24.3 Å². The van der Waals surface area contributed by atoms with E-state index in [0.717, 1.165) is 47.4 Å². The highest BCUT2D eigenvalue weighted by Gasteiger charge is 2.19. The fourth-order valence-electron chi connectivity index (χ4n) is 4.36. The third kappa shape index (κ3) is 5.61. The number of piperidine rings is 1. The Labute approximate surface area is 185 Å². The van der Waals surface area contributed by atoms with Crippen molar-refractivity contribution in [3.05, 3.63) is 71.8 Å². The maximum atomic E-state index is 5.47. The highest BCUT2D eigenvalue weighted by molar-refractivity contribution is 5.70. The Hall–Kier alpha value is -2.92. The summed E-state index contributed by atoms with van der Waals surface area (Å²) in [6.45, 7) is 6.45. The molecule has 0 atom stereocenters. The summed E-state index contributed by atoms with van der Waals surface area (Å²) in [5.41, 5.74) is 4.35. The molecule has 0 unspecified atom stereocenters. The average molecular weight is 417 g/mol. The molecule has 1 fully saturated rings. The molecular formula is C26H32N4O. The molecule has 2 aromatic carbocycles. The van der Waals surface area contributed by atoms with Crippen molar-refractivity contribution in [1.82, 2.24) is 15.1 Å². The van der Waals surface area contributed by atoms with Gasteiger partial charge in [-0.25, -0.2) is 0 Å². The molecule has 0 aliphatic carbocycles. The first-order valence-electron chi connectivity index (χ1n) is 11.2. The van der Waals surface area contributed by atoms with Gasteiger partial charge in [0.1, 0.15) is 11.6 Å². The van der Waals surface area contributed by atoms with Crippen molar-refractivity contribution in [3.63, 3.8) is 0 Å². The van der Waals surface area contributed by atoms with Gasteiger partial charge in [-0.3, -0.25) is 4.90 Å². The number of hydrogen-bond donors (Lipinski definition) is 1. The monoisotopic (exact) mass is 416 g/mol. The zero-order valence-corrected chi connectivity index (χ0v) is 18.6. The van der Waals surface area contributed by atoms with Crippen LogP contribution in [0.3, 0.4) is 0 Å². The zero-order valence-electron chi connectivity index (χ0n) is 18.6. The van der Waals surface area contributed by atoms with Crippen LogP contribution in [0.1, 0.15) is 30.4 Å². The molecule has 5 nitrogen and oxygen atoms in total. The van der Waals surface area contributed by atoms with Crippen molar-refractivity contribution in [2.24, 2.45) is 5.92 Å². The highest BCUT2D eigenvalue weighted by Crippen LogP contribution is 2.30. The predicted molar refractivity (Wildman–Crippen MR) is 126 cm³/mol. The number of nitrogens with zero attached hydrogens (tertiary/aromatic N) is 3. The van der Waals surface area contributed by atoms with E-state index in [4.69, 9.17) is 4.74 Å². The van der Waals surface area contributed by atoms with E-state index in [-0.39, 0.29) is 0 Å². The summed E-state index contributed by atoms with van der Waals surface area (Å²) < 4.78 is 5.47. The molecule has 0 radical (unpaired) electrons. The number of nitrogens with one attached hydrogen (secondary N) is 1. The second-order valence-corrected chi connectivity index (χ2v) is 8.38. The van der Waals surface area contributed by atoms with Crippen LogP contribution in [-0.2, 0) is 6.54 Å². The van der Waals surface area contributed by atoms with Crippen molar-refractivity contribution >= 4 is 5.82 Å². The number of anilines is 1. The Morgan fingerprint density at radius 3 is 2.48 bits per heavy atom. The number of likely N-dealkylation sites (tertiary alicyclic amines) is 1. The SMILES string of the molecule is COc1ccccc1-c1nnc(NCCC2CCN(Cc3ccccc3)CC2)cc1C. The van der Waals surface area contributed by atoms with Gasteiger partial charge in [0.2, 0.25) is 0 Å². The van der Waals surface area contributed by atoms with Crippen LogP contribution in [0.5, 0.6) is 5.75 Å². The lowest BCUT2D eigenvalue weighted by atomic mass is 9.93. The maximum Gasteiger partial charge on any atom is 0.148 e. The first-order valence-corrected chi connectivity index (χ1v) is 11.2. The molecule has 0 bridgehead atoms. The van der Waals surface area contributed by atoms with E-state index in [0.29, 0.717) is 0 Å². The van der Waals surface area contributed by atoms with Gasteiger partial charge in [-0.15, -0.1) is 10.2 Å². The summed E-state index contributed by atoms with van der Waals surface area (Å²) >= 11 is 0. The molecule has 5 heteroatoms. The van der Waals surface area contributed by atoms with Crippen molar-refractivity contribution in [3.8, 4) is 17.0 Å². The molecule has 31 heavy (non-hydrogen) atoms. The van der Waals surface area contributed by atoms with Crippen molar-refractivity contribution < 1.29 is 4.74 Å². The van der Waals surface area contributed by atoms with Crippen LogP contribution in [0, 0.1) is 12.8 Å². The summed E-state index contributed by atoms with van der Waals surface area (Å²) in [5.74, 6) is 2.44. The van der Waals surface area contributed by atoms with Gasteiger partial charge < -0.3 is 10.1 Å². The topological polar surface area (TPSA) is 50.3 Å². The fraction of sp³-hybridized carbons (Fsp3) is 0.385. The van der Waals surface area contributed by atoms with Crippen molar-refractivity contribution in [1.29, 1.82) is 0 Å². The lowest BCUT2D eigenvalue weighted by Crippen LogP contribution is -2.33. The predicted octanol–water partition coefficient (Wildman–Crippen LogP) is 5.17. The second kappa shape index (κ2) is 10.4. The second-order valence-electron chi connectivity index (χ2n) is 8.38. The molecule has 1 aliphatic heterocycles. The van der Waals surface area contributed by atoms with E-state index in [1.165, 1.54) is 37.9 Å². The standard InChI is InChI=1S/C26H32N4O/c1-20-18-25(28-29-26(20)23-10-6-7-11-24(23)31-2)27-15-12-21-13-16-30(17-14-21)19-22-8-4-3-5-9-22/h3-11,18,21H,12-17,19H2,1-2H3,(H,27,28). The van der Waals surface area contributed by atoms with Crippen molar-refractivity contribution in [2.45, 2.75) is 32.7 Å². The molecule has 0 saturated carbocycles. The lowest BCUT2D eigenvalue weighted by molar-refractivity contribution is 0.174. The number of methoxy groups -OCH3 is 1. The molecule has 1 aliphatic rings. The molecule has 1 N–H and O–H groups in total. The Bertz CT molecular complexity index is 968. The maximum absolute atomic E-state index is 5.47. The summed E-state index contributed by atoms with van der Waals surface area (Å²) in [5, 5.41) is 12.4. The number of para-hydroxylation sites is 1. The third-order valence-corrected chi connectivity index (χ3v) is 6.16. The lowest BCUT2D eigenvalue weighted by Gasteiger charge is -2.32. The van der Waals surface area contributed by atoms with Crippen LogP contribution in [0.2, 0.25) is 0 Å². The van der Waals surface area contributed by atoms with Crippen LogP contribution < -0.4 is 10.1 Å². The molecule has 3 aromatic rings. The molecule has 2 heterocycles. The van der Waals surface area contributed by atoms with Gasteiger partial charge in [0.05, 0.1) is 12.8 Å². The molecule has 1 saturated heterocycles. The Balaban J connectivity index is 1.24. The van der Waals surface area contributed by atoms with Crippen LogP contribution in [0.4, 0.5) is 5.82 Å². The molecule has 4 rings (SSSR count). The molecule has 0 amide bonds. The summed E-state index contributed by atoms with van der Waals surface area (Å²) in [4.78, 5) is 2.57. The number of benzene rings is 2. The summed E-state index contributed by atoms with van der Waals surface area (Å²) in [7, 11) is 1.68. The normalized spacial score (nSPS) is 15.0. The van der Waals surface area contributed by atoms with E-state index in [9.17, 15) is 0 Å². The third-order valence-electron chi connectivity index (χ3n) is 6.16. The zero-order chi connectivity index (χ0) is 21.5. The van der Waals surface area contributed by atoms with Gasteiger partial charge in [-0.2, -0.15) is 0 Å². The van der Waals surface area contributed by atoms with E-state index in [1.54, 1.807) is 7.11 Å². The molecule has 162 valence electrons. The van der Waals surface area contributed by atoms with E-state index < -0.39 is 0 Å². The summed E-state index contributed by atoms with van der Waals surface area (Å²) in [6.07, 6.45) is 3.71. The largest absolute Gasteiger partial charge is 0.496 e. The fourth-order valence-corrected chi connectivity index (χ4v) is 4.36. The van der Waals surface area contributed by atoms with Gasteiger partial charge in [0.25, 0.3) is 0 Å². The number of hydrogen-bond acceptors (Lipinski definition) is 5. The van der Waals surface area contributed by atoms with Crippen LogP contribution in [0.25, 0.3) is 11.3 Å². The minimum absolute atomic E-state index is 0.779. The first kappa shape index (κ1) is 21.3. The molecule has 1 aromatic heterocycles. The molecule has 0 spiro atoms.